The lowest BCUT2D eigenvalue weighted by Gasteiger charge is -2.14. The second-order valence-corrected chi connectivity index (χ2v) is 5.85. The van der Waals surface area contributed by atoms with Gasteiger partial charge in [0, 0.05) is 16.6 Å². The van der Waals surface area contributed by atoms with Crippen molar-refractivity contribution in [1.82, 2.24) is 0 Å². The van der Waals surface area contributed by atoms with Crippen LogP contribution in [0.15, 0.2) is 34.8 Å². The van der Waals surface area contributed by atoms with Crippen LogP contribution in [0.4, 0.5) is 10.1 Å². The molecule has 2 aromatic rings. The van der Waals surface area contributed by atoms with E-state index in [0.29, 0.717) is 11.5 Å². The summed E-state index contributed by atoms with van der Waals surface area (Å²) in [5.41, 5.74) is 7.07. The van der Waals surface area contributed by atoms with Gasteiger partial charge in [0.2, 0.25) is 0 Å². The van der Waals surface area contributed by atoms with Crippen LogP contribution in [-0.4, -0.2) is 6.10 Å². The second-order valence-electron chi connectivity index (χ2n) is 5.00. The van der Waals surface area contributed by atoms with Gasteiger partial charge in [0.1, 0.15) is 5.75 Å². The zero-order valence-corrected chi connectivity index (χ0v) is 13.7. The summed E-state index contributed by atoms with van der Waals surface area (Å²) in [6, 6.07) is 8.25. The fraction of sp³-hybridized carbons (Fsp3) is 0.250. The molecule has 21 heavy (non-hydrogen) atoms. The molecule has 0 amide bonds. The van der Waals surface area contributed by atoms with Gasteiger partial charge >= 0.3 is 0 Å². The molecular formula is C16H17BrFNO2. The van der Waals surface area contributed by atoms with Crippen molar-refractivity contribution in [3.8, 4) is 17.2 Å². The summed E-state index contributed by atoms with van der Waals surface area (Å²) in [5, 5.41) is 0. The molecule has 112 valence electrons. The van der Waals surface area contributed by atoms with Crippen molar-refractivity contribution in [1.29, 1.82) is 0 Å². The fourth-order valence-corrected chi connectivity index (χ4v) is 2.04. The van der Waals surface area contributed by atoms with Gasteiger partial charge in [0.05, 0.1) is 11.8 Å². The number of rotatable bonds is 4. The molecule has 0 aliphatic carbocycles. The van der Waals surface area contributed by atoms with Crippen LogP contribution in [0, 0.1) is 12.7 Å². The van der Waals surface area contributed by atoms with Crippen molar-refractivity contribution in [3.63, 3.8) is 0 Å². The predicted octanol–water partition coefficient (Wildman–Crippen LogP) is 5.06. The van der Waals surface area contributed by atoms with E-state index < -0.39 is 5.82 Å². The molecule has 0 spiro atoms. The highest BCUT2D eigenvalue weighted by Gasteiger charge is 2.12. The maximum Gasteiger partial charge on any atom is 0.167 e. The van der Waals surface area contributed by atoms with Crippen molar-refractivity contribution in [2.24, 2.45) is 0 Å². The van der Waals surface area contributed by atoms with E-state index in [4.69, 9.17) is 15.2 Å². The monoisotopic (exact) mass is 353 g/mol. The number of ether oxygens (including phenoxy) is 2. The maximum absolute atomic E-state index is 13.8. The Hall–Kier alpha value is -1.75. The van der Waals surface area contributed by atoms with Crippen LogP contribution in [0.2, 0.25) is 0 Å². The quantitative estimate of drug-likeness (QED) is 0.781. The van der Waals surface area contributed by atoms with Crippen LogP contribution >= 0.6 is 15.9 Å². The van der Waals surface area contributed by atoms with Crippen molar-refractivity contribution < 1.29 is 13.9 Å². The summed E-state index contributed by atoms with van der Waals surface area (Å²) >= 11 is 3.43. The third-order valence-electron chi connectivity index (χ3n) is 2.78. The van der Waals surface area contributed by atoms with Gasteiger partial charge in [0.25, 0.3) is 0 Å². The Balaban J connectivity index is 2.32. The predicted molar refractivity (Wildman–Crippen MR) is 85.5 cm³/mol. The van der Waals surface area contributed by atoms with E-state index in [0.717, 1.165) is 10.0 Å². The highest BCUT2D eigenvalue weighted by atomic mass is 79.9. The minimum Gasteiger partial charge on any atom is -0.488 e. The third kappa shape index (κ3) is 3.88. The minimum absolute atomic E-state index is 0.128. The SMILES string of the molecule is Cc1cc(Oc2cc(OC(C)C)c(F)cc2N)ccc1Br. The van der Waals surface area contributed by atoms with Gasteiger partial charge in [0.15, 0.2) is 17.3 Å². The van der Waals surface area contributed by atoms with Gasteiger partial charge in [-0.05, 0) is 44.5 Å². The Morgan fingerprint density at radius 3 is 2.48 bits per heavy atom. The van der Waals surface area contributed by atoms with Gasteiger partial charge in [-0.2, -0.15) is 0 Å². The molecule has 3 nitrogen and oxygen atoms in total. The molecule has 0 aliphatic rings. The standard InChI is InChI=1S/C16H17BrFNO2/c1-9(2)20-15-8-16(14(19)7-13(15)18)21-11-4-5-12(17)10(3)6-11/h4-9H,19H2,1-3H3. The average Bonchev–Trinajstić information content (AvgIpc) is 2.39. The van der Waals surface area contributed by atoms with E-state index in [-0.39, 0.29) is 17.5 Å². The van der Waals surface area contributed by atoms with E-state index in [2.05, 4.69) is 15.9 Å². The fourth-order valence-electron chi connectivity index (χ4n) is 1.79. The first kappa shape index (κ1) is 15.6. The zero-order chi connectivity index (χ0) is 15.6. The first-order valence-corrected chi connectivity index (χ1v) is 7.36. The van der Waals surface area contributed by atoms with Gasteiger partial charge in [-0.25, -0.2) is 4.39 Å². The highest BCUT2D eigenvalue weighted by molar-refractivity contribution is 9.10. The van der Waals surface area contributed by atoms with Crippen molar-refractivity contribution >= 4 is 21.6 Å². The molecule has 5 heteroatoms. The number of aryl methyl sites for hydroxylation is 1. The topological polar surface area (TPSA) is 44.5 Å². The van der Waals surface area contributed by atoms with Crippen molar-refractivity contribution in [2.45, 2.75) is 26.9 Å². The molecule has 0 aliphatic heterocycles. The molecule has 0 heterocycles. The Morgan fingerprint density at radius 1 is 1.14 bits per heavy atom. The van der Waals surface area contributed by atoms with Crippen LogP contribution in [0.25, 0.3) is 0 Å². The molecule has 2 N–H and O–H groups in total. The molecule has 2 rings (SSSR count). The van der Waals surface area contributed by atoms with E-state index in [1.807, 2.05) is 39.0 Å². The number of benzene rings is 2. The largest absolute Gasteiger partial charge is 0.488 e. The zero-order valence-electron chi connectivity index (χ0n) is 12.1. The molecule has 2 aromatic carbocycles. The average molecular weight is 354 g/mol. The van der Waals surface area contributed by atoms with Gasteiger partial charge in [-0.1, -0.05) is 15.9 Å². The second kappa shape index (κ2) is 6.35. The third-order valence-corrected chi connectivity index (χ3v) is 3.67. The van der Waals surface area contributed by atoms with E-state index in [9.17, 15) is 4.39 Å². The number of halogens is 2. The smallest absolute Gasteiger partial charge is 0.167 e. The molecule has 0 radical (unpaired) electrons. The molecule has 0 bridgehead atoms. The Morgan fingerprint density at radius 2 is 1.86 bits per heavy atom. The summed E-state index contributed by atoms with van der Waals surface area (Å²) in [7, 11) is 0. The number of hydrogen-bond acceptors (Lipinski definition) is 3. The number of anilines is 1. The summed E-state index contributed by atoms with van der Waals surface area (Å²) in [5.74, 6) is 0.627. The summed E-state index contributed by atoms with van der Waals surface area (Å²) < 4.78 is 25.9. The number of hydrogen-bond donors (Lipinski definition) is 1. The highest BCUT2D eigenvalue weighted by Crippen LogP contribution is 2.34. The molecule has 0 fully saturated rings. The van der Waals surface area contributed by atoms with E-state index >= 15 is 0 Å². The Bertz CT molecular complexity index is 659. The van der Waals surface area contributed by atoms with Gasteiger partial charge < -0.3 is 15.2 Å². The van der Waals surface area contributed by atoms with Crippen molar-refractivity contribution in [2.75, 3.05) is 5.73 Å². The number of nitrogens with two attached hydrogens (primary N) is 1. The number of nitrogen functional groups attached to an aromatic ring is 1. The molecular weight excluding hydrogens is 337 g/mol. The van der Waals surface area contributed by atoms with Crippen LogP contribution in [0.1, 0.15) is 19.4 Å². The maximum atomic E-state index is 13.8. The molecule has 0 unspecified atom stereocenters. The summed E-state index contributed by atoms with van der Waals surface area (Å²) in [6.07, 6.45) is -0.133. The van der Waals surface area contributed by atoms with Gasteiger partial charge in [-0.3, -0.25) is 0 Å². The normalized spacial score (nSPS) is 10.8. The lowest BCUT2D eigenvalue weighted by molar-refractivity contribution is 0.230. The van der Waals surface area contributed by atoms with Crippen LogP contribution < -0.4 is 15.2 Å². The summed E-state index contributed by atoms with van der Waals surface area (Å²) in [6.45, 7) is 5.61. The Kier molecular flexibility index (Phi) is 4.73. The molecule has 0 saturated heterocycles. The van der Waals surface area contributed by atoms with Crippen LogP contribution in [-0.2, 0) is 0 Å². The first-order valence-electron chi connectivity index (χ1n) is 6.56. The first-order chi connectivity index (χ1) is 9.86. The van der Waals surface area contributed by atoms with Gasteiger partial charge in [-0.15, -0.1) is 0 Å². The lowest BCUT2D eigenvalue weighted by atomic mass is 10.2. The van der Waals surface area contributed by atoms with Crippen LogP contribution in [0.5, 0.6) is 17.2 Å². The molecule has 0 aromatic heterocycles. The van der Waals surface area contributed by atoms with Crippen LogP contribution in [0.3, 0.4) is 0 Å². The molecule has 0 saturated carbocycles. The van der Waals surface area contributed by atoms with E-state index in [1.165, 1.54) is 12.1 Å². The summed E-state index contributed by atoms with van der Waals surface area (Å²) in [4.78, 5) is 0. The van der Waals surface area contributed by atoms with E-state index in [1.54, 1.807) is 0 Å². The molecule has 0 atom stereocenters. The Labute approximate surface area is 132 Å². The van der Waals surface area contributed by atoms with Crippen molar-refractivity contribution in [3.05, 3.63) is 46.2 Å². The minimum atomic E-state index is -0.500. The lowest BCUT2D eigenvalue weighted by Crippen LogP contribution is -2.07.